The van der Waals surface area contributed by atoms with Crippen LogP contribution in [-0.2, 0) is 10.0 Å². The van der Waals surface area contributed by atoms with Gasteiger partial charge in [0.25, 0.3) is 0 Å². The lowest BCUT2D eigenvalue weighted by molar-refractivity contribution is 0.218. The van der Waals surface area contributed by atoms with Gasteiger partial charge in [-0.15, -0.1) is 0 Å². The zero-order valence-electron chi connectivity index (χ0n) is 11.7. The van der Waals surface area contributed by atoms with Gasteiger partial charge in [-0.1, -0.05) is 6.92 Å². The second kappa shape index (κ2) is 5.47. The van der Waals surface area contributed by atoms with Gasteiger partial charge in [0.05, 0.1) is 5.25 Å². The van der Waals surface area contributed by atoms with Gasteiger partial charge in [-0.05, 0) is 45.4 Å². The fourth-order valence-electron chi connectivity index (χ4n) is 2.72. The Morgan fingerprint density at radius 3 is 2.50 bits per heavy atom. The Labute approximate surface area is 111 Å². The first-order chi connectivity index (χ1) is 8.41. The monoisotopic (exact) mass is 274 g/mol. The quantitative estimate of drug-likeness (QED) is 0.828. The van der Waals surface area contributed by atoms with E-state index >= 15 is 0 Å². The largest absolute Gasteiger partial charge is 0.313 e. The summed E-state index contributed by atoms with van der Waals surface area (Å²) >= 11 is 0. The van der Waals surface area contributed by atoms with Gasteiger partial charge in [-0.2, -0.15) is 4.31 Å². The minimum atomic E-state index is -3.13. The van der Waals surface area contributed by atoms with Gasteiger partial charge in [0.2, 0.25) is 10.0 Å². The Hall–Kier alpha value is -0.130. The number of piperidine rings is 1. The van der Waals surface area contributed by atoms with Crippen molar-refractivity contribution in [1.29, 1.82) is 0 Å². The molecule has 1 aliphatic heterocycles. The molecule has 0 spiro atoms. The molecule has 3 unspecified atom stereocenters. The molecule has 1 N–H and O–H groups in total. The van der Waals surface area contributed by atoms with E-state index in [0.717, 1.165) is 12.8 Å². The molecule has 2 fully saturated rings. The van der Waals surface area contributed by atoms with Crippen LogP contribution in [0.25, 0.3) is 0 Å². The van der Waals surface area contributed by atoms with Crippen LogP contribution in [0.3, 0.4) is 0 Å². The Balaban J connectivity index is 1.95. The first-order valence-electron chi connectivity index (χ1n) is 7.15. The first kappa shape index (κ1) is 14.3. The van der Waals surface area contributed by atoms with E-state index in [1.807, 2.05) is 13.8 Å². The molecule has 0 aromatic heterocycles. The maximum absolute atomic E-state index is 12.5. The van der Waals surface area contributed by atoms with Crippen molar-refractivity contribution >= 4 is 10.0 Å². The topological polar surface area (TPSA) is 49.4 Å². The van der Waals surface area contributed by atoms with Crippen molar-refractivity contribution in [2.75, 3.05) is 13.1 Å². The van der Waals surface area contributed by atoms with E-state index in [2.05, 4.69) is 12.2 Å². The van der Waals surface area contributed by atoms with Crippen LogP contribution in [0.5, 0.6) is 0 Å². The molecule has 5 heteroatoms. The second-order valence-electron chi connectivity index (χ2n) is 6.13. The van der Waals surface area contributed by atoms with Crippen molar-refractivity contribution < 1.29 is 8.42 Å². The van der Waals surface area contributed by atoms with Crippen molar-refractivity contribution in [3.05, 3.63) is 0 Å². The highest BCUT2D eigenvalue weighted by atomic mass is 32.2. The smallest absolute Gasteiger partial charge is 0.218 e. The molecule has 0 aromatic carbocycles. The summed E-state index contributed by atoms with van der Waals surface area (Å²) in [4.78, 5) is 0. The highest BCUT2D eigenvalue weighted by molar-refractivity contribution is 7.89. The Morgan fingerprint density at radius 2 is 1.94 bits per heavy atom. The SMILES string of the molecule is CC1CCN(S(=O)(=O)C(C)CNC2CC2)C(C)C1. The second-order valence-corrected chi connectivity index (χ2v) is 8.43. The standard InChI is InChI=1S/C13H26N2O2S/c1-10-6-7-15(11(2)8-10)18(16,17)12(3)9-14-13-4-5-13/h10-14H,4-9H2,1-3H3. The molecule has 106 valence electrons. The minimum Gasteiger partial charge on any atom is -0.313 e. The lowest BCUT2D eigenvalue weighted by Crippen LogP contribution is -2.49. The maximum atomic E-state index is 12.5. The summed E-state index contributed by atoms with van der Waals surface area (Å²) in [6.07, 6.45) is 4.38. The molecule has 0 bridgehead atoms. The fraction of sp³-hybridized carbons (Fsp3) is 1.00. The summed E-state index contributed by atoms with van der Waals surface area (Å²) in [6, 6.07) is 0.726. The molecule has 1 aliphatic carbocycles. The number of hydrogen-bond donors (Lipinski definition) is 1. The number of nitrogens with one attached hydrogen (secondary N) is 1. The van der Waals surface area contributed by atoms with Gasteiger partial charge in [-0.3, -0.25) is 0 Å². The molecule has 0 radical (unpaired) electrons. The number of nitrogens with zero attached hydrogens (tertiary/aromatic N) is 1. The molecule has 1 saturated heterocycles. The normalized spacial score (nSPS) is 32.4. The van der Waals surface area contributed by atoms with E-state index in [0.29, 0.717) is 25.0 Å². The van der Waals surface area contributed by atoms with Gasteiger partial charge in [-0.25, -0.2) is 8.42 Å². The molecule has 4 nitrogen and oxygen atoms in total. The molecule has 1 saturated carbocycles. The highest BCUT2D eigenvalue weighted by Gasteiger charge is 2.36. The van der Waals surface area contributed by atoms with E-state index in [1.54, 1.807) is 4.31 Å². The molecular weight excluding hydrogens is 248 g/mol. The van der Waals surface area contributed by atoms with E-state index < -0.39 is 10.0 Å². The summed E-state index contributed by atoms with van der Waals surface area (Å²) in [6.45, 7) is 7.35. The maximum Gasteiger partial charge on any atom is 0.218 e. The van der Waals surface area contributed by atoms with Crippen LogP contribution in [-0.4, -0.2) is 43.1 Å². The third-order valence-electron chi connectivity index (χ3n) is 4.18. The average molecular weight is 274 g/mol. The third kappa shape index (κ3) is 3.25. The van der Waals surface area contributed by atoms with Gasteiger partial charge in [0.1, 0.15) is 0 Å². The van der Waals surface area contributed by atoms with Crippen LogP contribution >= 0.6 is 0 Å². The lowest BCUT2D eigenvalue weighted by atomic mass is 9.95. The molecular formula is C13H26N2O2S. The summed E-state index contributed by atoms with van der Waals surface area (Å²) in [5.74, 6) is 0.645. The van der Waals surface area contributed by atoms with E-state index in [1.165, 1.54) is 12.8 Å². The van der Waals surface area contributed by atoms with Crippen molar-refractivity contribution in [3.63, 3.8) is 0 Å². The first-order valence-corrected chi connectivity index (χ1v) is 8.65. The van der Waals surface area contributed by atoms with Gasteiger partial charge >= 0.3 is 0 Å². The van der Waals surface area contributed by atoms with Crippen LogP contribution in [0.1, 0.15) is 46.5 Å². The summed E-state index contributed by atoms with van der Waals surface area (Å²) < 4.78 is 26.8. The molecule has 0 aromatic rings. The Bertz CT molecular complexity index is 378. The van der Waals surface area contributed by atoms with Gasteiger partial charge < -0.3 is 5.32 Å². The summed E-state index contributed by atoms with van der Waals surface area (Å²) in [7, 11) is -3.13. The van der Waals surface area contributed by atoms with Crippen molar-refractivity contribution in [3.8, 4) is 0 Å². The van der Waals surface area contributed by atoms with E-state index in [9.17, 15) is 8.42 Å². The van der Waals surface area contributed by atoms with Gasteiger partial charge in [0.15, 0.2) is 0 Å². The van der Waals surface area contributed by atoms with Crippen LogP contribution < -0.4 is 5.32 Å². The van der Waals surface area contributed by atoms with Crippen molar-refractivity contribution in [2.24, 2.45) is 5.92 Å². The van der Waals surface area contributed by atoms with Crippen molar-refractivity contribution in [2.45, 2.75) is 63.8 Å². The van der Waals surface area contributed by atoms with Crippen molar-refractivity contribution in [1.82, 2.24) is 9.62 Å². The van der Waals surface area contributed by atoms with Crippen LogP contribution in [0.2, 0.25) is 0 Å². The highest BCUT2D eigenvalue weighted by Crippen LogP contribution is 2.26. The van der Waals surface area contributed by atoms with Crippen LogP contribution in [0, 0.1) is 5.92 Å². The number of hydrogen-bond acceptors (Lipinski definition) is 3. The van der Waals surface area contributed by atoms with E-state index in [4.69, 9.17) is 0 Å². The average Bonchev–Trinajstić information content (AvgIpc) is 3.08. The Morgan fingerprint density at radius 1 is 1.28 bits per heavy atom. The molecule has 3 atom stereocenters. The van der Waals surface area contributed by atoms with E-state index in [-0.39, 0.29) is 11.3 Å². The minimum absolute atomic E-state index is 0.155. The molecule has 18 heavy (non-hydrogen) atoms. The predicted octanol–water partition coefficient (Wildman–Crippen LogP) is 1.58. The van der Waals surface area contributed by atoms with Crippen LogP contribution in [0.15, 0.2) is 0 Å². The number of rotatable bonds is 5. The molecule has 2 rings (SSSR count). The summed E-state index contributed by atoms with van der Waals surface area (Å²) in [5, 5.41) is 3.01. The predicted molar refractivity (Wildman–Crippen MR) is 74.0 cm³/mol. The zero-order valence-corrected chi connectivity index (χ0v) is 12.5. The lowest BCUT2D eigenvalue weighted by Gasteiger charge is -2.37. The summed E-state index contributed by atoms with van der Waals surface area (Å²) in [5.41, 5.74) is 0. The molecule has 2 aliphatic rings. The van der Waals surface area contributed by atoms with Gasteiger partial charge in [0, 0.05) is 25.2 Å². The Kier molecular flexibility index (Phi) is 4.34. The zero-order chi connectivity index (χ0) is 13.3. The molecule has 0 amide bonds. The number of sulfonamides is 1. The van der Waals surface area contributed by atoms with Crippen LogP contribution in [0.4, 0.5) is 0 Å². The fourth-order valence-corrected chi connectivity index (χ4v) is 4.44. The third-order valence-corrected chi connectivity index (χ3v) is 6.56. The molecule has 1 heterocycles.